The van der Waals surface area contributed by atoms with Crippen molar-refractivity contribution >= 4 is 17.2 Å². The Kier molecular flexibility index (Phi) is 6.46. The van der Waals surface area contributed by atoms with Crippen molar-refractivity contribution in [1.29, 1.82) is 0 Å². The molecule has 0 atom stereocenters. The molecule has 0 aliphatic heterocycles. The third-order valence-corrected chi connectivity index (χ3v) is 5.92. The van der Waals surface area contributed by atoms with Crippen LogP contribution in [0.4, 0.5) is 0 Å². The Labute approximate surface area is 189 Å². The molecule has 1 N–H and O–H groups in total. The molecule has 3 heterocycles. The van der Waals surface area contributed by atoms with Crippen LogP contribution in [0.3, 0.4) is 0 Å². The largest absolute Gasteiger partial charge is 0.494 e. The minimum absolute atomic E-state index is 0.214. The van der Waals surface area contributed by atoms with Gasteiger partial charge in [0.05, 0.1) is 24.5 Å². The van der Waals surface area contributed by atoms with Gasteiger partial charge in [0.2, 0.25) is 0 Å². The molecule has 9 heteroatoms. The first kappa shape index (κ1) is 21.5. The van der Waals surface area contributed by atoms with Crippen LogP contribution < -0.4 is 15.6 Å². The maximum atomic E-state index is 12.6. The number of rotatable bonds is 8. The summed E-state index contributed by atoms with van der Waals surface area (Å²) in [5, 5.41) is 8.04. The highest BCUT2D eigenvalue weighted by Crippen LogP contribution is 2.22. The molecule has 0 radical (unpaired) electrons. The molecule has 0 spiro atoms. The summed E-state index contributed by atoms with van der Waals surface area (Å²) >= 11 is 1.32. The number of carbonyl (C=O) groups is 1. The molecule has 0 aliphatic carbocycles. The van der Waals surface area contributed by atoms with Crippen LogP contribution in [0.2, 0.25) is 0 Å². The molecular formula is C23H23N5O3S. The van der Waals surface area contributed by atoms with Crippen molar-refractivity contribution in [3.63, 3.8) is 0 Å². The second-order valence-corrected chi connectivity index (χ2v) is 7.97. The second kappa shape index (κ2) is 9.61. The van der Waals surface area contributed by atoms with E-state index in [2.05, 4.69) is 15.4 Å². The second-order valence-electron chi connectivity index (χ2n) is 6.99. The highest BCUT2D eigenvalue weighted by molar-refractivity contribution is 7.16. The summed E-state index contributed by atoms with van der Waals surface area (Å²) < 4.78 is 8.69. The number of carbonyl (C=O) groups excluding carboxylic acids is 1. The minimum Gasteiger partial charge on any atom is -0.494 e. The van der Waals surface area contributed by atoms with Gasteiger partial charge in [-0.1, -0.05) is 11.3 Å². The smallest absolute Gasteiger partial charge is 0.266 e. The molecule has 0 saturated heterocycles. The molecule has 0 saturated carbocycles. The topological polar surface area (TPSA) is 91.0 Å². The zero-order chi connectivity index (χ0) is 22.5. The van der Waals surface area contributed by atoms with Gasteiger partial charge in [0.15, 0.2) is 5.13 Å². The first-order valence-corrected chi connectivity index (χ1v) is 11.1. The molecule has 3 aromatic heterocycles. The van der Waals surface area contributed by atoms with Gasteiger partial charge in [0.1, 0.15) is 10.6 Å². The standard InChI is InChI=1S/C23H23N5O3S/c1-3-31-18-8-6-17(7-9-18)19-10-11-20(29)28(26-19)15-12-24-22(30)21-16(2)25-23(32-21)27-13-4-5-14-27/h4-11,13-14H,3,12,15H2,1-2H3,(H,24,30). The van der Waals surface area contributed by atoms with Crippen LogP contribution in [-0.2, 0) is 6.54 Å². The molecule has 0 unspecified atom stereocenters. The number of thiazole rings is 1. The van der Waals surface area contributed by atoms with Crippen LogP contribution in [0.25, 0.3) is 16.4 Å². The van der Waals surface area contributed by atoms with E-state index in [0.29, 0.717) is 22.9 Å². The summed E-state index contributed by atoms with van der Waals surface area (Å²) in [4.78, 5) is 29.9. The number of nitrogens with one attached hydrogen (secondary N) is 1. The summed E-state index contributed by atoms with van der Waals surface area (Å²) in [6.45, 7) is 4.88. The Bertz CT molecular complexity index is 1260. The summed E-state index contributed by atoms with van der Waals surface area (Å²) in [5.41, 5.74) is 2.00. The highest BCUT2D eigenvalue weighted by atomic mass is 32.1. The Morgan fingerprint density at radius 1 is 1.12 bits per heavy atom. The van der Waals surface area contributed by atoms with Crippen molar-refractivity contribution in [1.82, 2.24) is 24.6 Å². The quantitative estimate of drug-likeness (QED) is 0.446. The SMILES string of the molecule is CCOc1ccc(-c2ccc(=O)n(CCNC(=O)c3sc(-n4cccc4)nc3C)n2)cc1. The molecule has 4 rings (SSSR count). The molecule has 0 aliphatic rings. The van der Waals surface area contributed by atoms with E-state index in [4.69, 9.17) is 4.74 Å². The molecule has 32 heavy (non-hydrogen) atoms. The Morgan fingerprint density at radius 2 is 1.88 bits per heavy atom. The molecule has 8 nitrogen and oxygen atoms in total. The molecule has 1 aromatic carbocycles. The van der Waals surface area contributed by atoms with E-state index in [1.807, 2.05) is 67.2 Å². The van der Waals surface area contributed by atoms with Gasteiger partial charge in [0, 0.05) is 30.6 Å². The fourth-order valence-corrected chi connectivity index (χ4v) is 4.12. The number of hydrogen-bond donors (Lipinski definition) is 1. The lowest BCUT2D eigenvalue weighted by Crippen LogP contribution is -2.31. The average Bonchev–Trinajstić information content (AvgIpc) is 3.46. The summed E-state index contributed by atoms with van der Waals surface area (Å²) in [6.07, 6.45) is 3.77. The lowest BCUT2D eigenvalue weighted by molar-refractivity contribution is 0.0955. The van der Waals surface area contributed by atoms with Crippen molar-refractivity contribution in [3.05, 3.63) is 81.8 Å². The summed E-state index contributed by atoms with van der Waals surface area (Å²) in [5.74, 6) is 0.569. The Balaban J connectivity index is 1.41. The van der Waals surface area contributed by atoms with Gasteiger partial charge in [-0.25, -0.2) is 9.67 Å². The number of benzene rings is 1. The van der Waals surface area contributed by atoms with Crippen LogP contribution in [0.1, 0.15) is 22.3 Å². The maximum Gasteiger partial charge on any atom is 0.266 e. The normalized spacial score (nSPS) is 10.8. The van der Waals surface area contributed by atoms with Crippen molar-refractivity contribution in [3.8, 4) is 22.1 Å². The van der Waals surface area contributed by atoms with E-state index < -0.39 is 0 Å². The van der Waals surface area contributed by atoms with E-state index >= 15 is 0 Å². The van der Waals surface area contributed by atoms with Gasteiger partial charge in [-0.05, 0) is 56.3 Å². The van der Waals surface area contributed by atoms with Crippen molar-refractivity contribution in [2.24, 2.45) is 0 Å². The number of amides is 1. The highest BCUT2D eigenvalue weighted by Gasteiger charge is 2.16. The fraction of sp³-hybridized carbons (Fsp3) is 0.217. The van der Waals surface area contributed by atoms with Crippen LogP contribution in [0.5, 0.6) is 5.75 Å². The number of ether oxygens (including phenoxy) is 1. The van der Waals surface area contributed by atoms with Gasteiger partial charge in [0.25, 0.3) is 11.5 Å². The first-order chi connectivity index (χ1) is 15.5. The third kappa shape index (κ3) is 4.78. The maximum absolute atomic E-state index is 12.6. The number of aryl methyl sites for hydroxylation is 1. The predicted molar refractivity (Wildman–Crippen MR) is 124 cm³/mol. The van der Waals surface area contributed by atoms with Crippen molar-refractivity contribution in [2.75, 3.05) is 13.2 Å². The fourth-order valence-electron chi connectivity index (χ4n) is 3.17. The zero-order valence-corrected chi connectivity index (χ0v) is 18.6. The molecule has 0 fully saturated rings. The van der Waals surface area contributed by atoms with Crippen LogP contribution in [-0.4, -0.2) is 38.4 Å². The van der Waals surface area contributed by atoms with Crippen LogP contribution >= 0.6 is 11.3 Å². The molecular weight excluding hydrogens is 426 g/mol. The number of aromatic nitrogens is 4. The Morgan fingerprint density at radius 3 is 2.59 bits per heavy atom. The van der Waals surface area contributed by atoms with E-state index in [1.165, 1.54) is 22.1 Å². The molecule has 164 valence electrons. The minimum atomic E-state index is -0.224. The van der Waals surface area contributed by atoms with E-state index in [1.54, 1.807) is 6.07 Å². The number of hydrogen-bond acceptors (Lipinski definition) is 6. The van der Waals surface area contributed by atoms with Gasteiger partial charge in [-0.15, -0.1) is 0 Å². The monoisotopic (exact) mass is 449 g/mol. The molecule has 4 aromatic rings. The van der Waals surface area contributed by atoms with Gasteiger partial charge in [-0.2, -0.15) is 5.10 Å². The summed E-state index contributed by atoms with van der Waals surface area (Å²) in [6, 6.07) is 14.5. The van der Waals surface area contributed by atoms with Crippen LogP contribution in [0, 0.1) is 6.92 Å². The lowest BCUT2D eigenvalue weighted by atomic mass is 10.1. The third-order valence-electron chi connectivity index (χ3n) is 4.75. The van der Waals surface area contributed by atoms with Gasteiger partial charge >= 0.3 is 0 Å². The Hall–Kier alpha value is -3.72. The van der Waals surface area contributed by atoms with E-state index in [0.717, 1.165) is 16.4 Å². The predicted octanol–water partition coefficient (Wildman–Crippen LogP) is 3.29. The van der Waals surface area contributed by atoms with Gasteiger partial charge in [-0.3, -0.25) is 9.59 Å². The molecule has 1 amide bonds. The van der Waals surface area contributed by atoms with E-state index in [-0.39, 0.29) is 24.6 Å². The van der Waals surface area contributed by atoms with Gasteiger partial charge < -0.3 is 14.6 Å². The average molecular weight is 450 g/mol. The summed E-state index contributed by atoms with van der Waals surface area (Å²) in [7, 11) is 0. The van der Waals surface area contributed by atoms with Crippen molar-refractivity contribution in [2.45, 2.75) is 20.4 Å². The van der Waals surface area contributed by atoms with Crippen LogP contribution in [0.15, 0.2) is 65.7 Å². The van der Waals surface area contributed by atoms with E-state index in [9.17, 15) is 9.59 Å². The van der Waals surface area contributed by atoms with Crippen molar-refractivity contribution < 1.29 is 9.53 Å². The number of nitrogens with zero attached hydrogens (tertiary/aromatic N) is 4. The molecule has 0 bridgehead atoms. The zero-order valence-electron chi connectivity index (χ0n) is 17.8. The first-order valence-electron chi connectivity index (χ1n) is 10.3. The lowest BCUT2D eigenvalue weighted by Gasteiger charge is -2.09.